The number of halogens is 3. The Morgan fingerprint density at radius 3 is 2.75 bits per heavy atom. The Morgan fingerprint density at radius 1 is 1.29 bits per heavy atom. The summed E-state index contributed by atoms with van der Waals surface area (Å²) in [5.41, 5.74) is 1.57. The zero-order valence-corrected chi connectivity index (χ0v) is 12.8. The Morgan fingerprint density at radius 2 is 2.04 bits per heavy atom. The van der Waals surface area contributed by atoms with Crippen LogP contribution in [-0.4, -0.2) is 28.8 Å². The van der Waals surface area contributed by atoms with Gasteiger partial charge in [-0.2, -0.15) is 18.3 Å². The minimum Gasteiger partial charge on any atom is -0.376 e. The van der Waals surface area contributed by atoms with Gasteiger partial charge in [0.25, 0.3) is 5.91 Å². The van der Waals surface area contributed by atoms with Crippen LogP contribution >= 0.6 is 0 Å². The van der Waals surface area contributed by atoms with Gasteiger partial charge < -0.3 is 10.1 Å². The molecule has 1 amide bonds. The quantitative estimate of drug-likeness (QED) is 0.931. The molecule has 8 heteroatoms. The second-order valence-electron chi connectivity index (χ2n) is 5.47. The topological polar surface area (TPSA) is 56.2 Å². The largest absolute Gasteiger partial charge is 0.416 e. The van der Waals surface area contributed by atoms with Crippen LogP contribution in [0.25, 0.3) is 0 Å². The van der Waals surface area contributed by atoms with Crippen molar-refractivity contribution in [3.05, 3.63) is 52.8 Å². The molecule has 128 valence electrons. The number of benzene rings is 1. The van der Waals surface area contributed by atoms with Crippen molar-refractivity contribution in [3.63, 3.8) is 0 Å². The molecule has 0 atom stereocenters. The highest BCUT2D eigenvalue weighted by molar-refractivity contribution is 5.94. The SMILES string of the molecule is O=C(NCCn1ncc2c1CCOC2)c1ccc(C(F)(F)F)cc1. The molecule has 0 bridgehead atoms. The second kappa shape index (κ2) is 6.64. The van der Waals surface area contributed by atoms with Crippen molar-refractivity contribution >= 4 is 5.91 Å². The lowest BCUT2D eigenvalue weighted by atomic mass is 10.1. The third kappa shape index (κ3) is 3.59. The molecule has 2 heterocycles. The molecule has 24 heavy (non-hydrogen) atoms. The third-order valence-electron chi connectivity index (χ3n) is 3.86. The molecule has 3 rings (SSSR count). The summed E-state index contributed by atoms with van der Waals surface area (Å²) in [5, 5.41) is 6.96. The molecule has 5 nitrogen and oxygen atoms in total. The number of hydrogen-bond acceptors (Lipinski definition) is 3. The standard InChI is InChI=1S/C16H16F3N3O2/c17-16(18,19)13-3-1-11(2-4-13)15(23)20-6-7-22-14-5-8-24-10-12(14)9-21-22/h1-4,9H,5-8,10H2,(H,20,23). The van der Waals surface area contributed by atoms with Gasteiger partial charge in [-0.1, -0.05) is 0 Å². The number of nitrogens with one attached hydrogen (secondary N) is 1. The molecule has 0 aliphatic carbocycles. The highest BCUT2D eigenvalue weighted by atomic mass is 19.4. The normalized spacial score (nSPS) is 14.3. The number of alkyl halides is 3. The fourth-order valence-electron chi connectivity index (χ4n) is 2.59. The number of ether oxygens (including phenoxy) is 1. The van der Waals surface area contributed by atoms with E-state index in [1.54, 1.807) is 6.20 Å². The average Bonchev–Trinajstić information content (AvgIpc) is 2.97. The van der Waals surface area contributed by atoms with Crippen molar-refractivity contribution in [2.45, 2.75) is 25.7 Å². The summed E-state index contributed by atoms with van der Waals surface area (Å²) in [6, 6.07) is 4.15. The van der Waals surface area contributed by atoms with Crippen LogP contribution < -0.4 is 5.32 Å². The van der Waals surface area contributed by atoms with E-state index in [1.807, 2.05) is 4.68 Å². The molecule has 0 fully saturated rings. The summed E-state index contributed by atoms with van der Waals surface area (Å²) < 4.78 is 44.7. The number of fused-ring (bicyclic) bond motifs is 1. The Hall–Kier alpha value is -2.35. The van der Waals surface area contributed by atoms with Crippen molar-refractivity contribution in [3.8, 4) is 0 Å². The number of rotatable bonds is 4. The van der Waals surface area contributed by atoms with E-state index in [9.17, 15) is 18.0 Å². The van der Waals surface area contributed by atoms with Crippen LogP contribution in [0.5, 0.6) is 0 Å². The molecule has 0 spiro atoms. The first-order valence-corrected chi connectivity index (χ1v) is 7.52. The molecule has 1 aliphatic heterocycles. The monoisotopic (exact) mass is 339 g/mol. The van der Waals surface area contributed by atoms with Crippen LogP contribution in [-0.2, 0) is 30.5 Å². The van der Waals surface area contributed by atoms with Crippen LogP contribution in [0.4, 0.5) is 13.2 Å². The summed E-state index contributed by atoms with van der Waals surface area (Å²) in [5.74, 6) is -0.409. The lowest BCUT2D eigenvalue weighted by Gasteiger charge is -2.15. The molecule has 1 aromatic carbocycles. The van der Waals surface area contributed by atoms with Crippen LogP contribution in [0.15, 0.2) is 30.5 Å². The third-order valence-corrected chi connectivity index (χ3v) is 3.86. The number of hydrogen-bond donors (Lipinski definition) is 1. The van der Waals surface area contributed by atoms with Gasteiger partial charge in [0.1, 0.15) is 0 Å². The summed E-state index contributed by atoms with van der Waals surface area (Å²) >= 11 is 0. The van der Waals surface area contributed by atoms with Crippen LogP contribution in [0.3, 0.4) is 0 Å². The molecule has 1 N–H and O–H groups in total. The zero-order chi connectivity index (χ0) is 17.2. The number of carbonyl (C=O) groups excluding carboxylic acids is 1. The van der Waals surface area contributed by atoms with Gasteiger partial charge in [0.15, 0.2) is 0 Å². The molecule has 0 radical (unpaired) electrons. The predicted octanol–water partition coefficient (Wildman–Crippen LogP) is 2.40. The van der Waals surface area contributed by atoms with E-state index in [1.165, 1.54) is 12.1 Å². The van der Waals surface area contributed by atoms with Gasteiger partial charge in [-0.3, -0.25) is 9.48 Å². The average molecular weight is 339 g/mol. The fraction of sp³-hybridized carbons (Fsp3) is 0.375. The summed E-state index contributed by atoms with van der Waals surface area (Å²) in [4.78, 5) is 12.0. The van der Waals surface area contributed by atoms with Crippen molar-refractivity contribution in [2.75, 3.05) is 13.2 Å². The lowest BCUT2D eigenvalue weighted by Crippen LogP contribution is -2.28. The van der Waals surface area contributed by atoms with E-state index in [-0.39, 0.29) is 5.56 Å². The van der Waals surface area contributed by atoms with Gasteiger partial charge in [0, 0.05) is 29.8 Å². The maximum atomic E-state index is 12.5. The molecular formula is C16H16F3N3O2. The van der Waals surface area contributed by atoms with Gasteiger partial charge >= 0.3 is 6.18 Å². The van der Waals surface area contributed by atoms with Gasteiger partial charge in [0.05, 0.1) is 31.5 Å². The molecular weight excluding hydrogens is 323 g/mol. The molecule has 0 saturated carbocycles. The van der Waals surface area contributed by atoms with E-state index in [0.717, 1.165) is 29.8 Å². The van der Waals surface area contributed by atoms with Crippen LogP contribution in [0.1, 0.15) is 27.2 Å². The van der Waals surface area contributed by atoms with Gasteiger partial charge in [-0.15, -0.1) is 0 Å². The molecule has 1 aromatic heterocycles. The Bertz CT molecular complexity index is 723. The fourth-order valence-corrected chi connectivity index (χ4v) is 2.59. The Kier molecular flexibility index (Phi) is 4.57. The van der Waals surface area contributed by atoms with Crippen molar-refractivity contribution in [1.82, 2.24) is 15.1 Å². The number of carbonyl (C=O) groups is 1. The van der Waals surface area contributed by atoms with Crippen molar-refractivity contribution in [2.24, 2.45) is 0 Å². The maximum absolute atomic E-state index is 12.5. The molecule has 2 aromatic rings. The van der Waals surface area contributed by atoms with Crippen molar-refractivity contribution < 1.29 is 22.7 Å². The smallest absolute Gasteiger partial charge is 0.376 e. The number of amides is 1. The first kappa shape index (κ1) is 16.5. The lowest BCUT2D eigenvalue weighted by molar-refractivity contribution is -0.137. The Balaban J connectivity index is 1.55. The minimum absolute atomic E-state index is 0.193. The van der Waals surface area contributed by atoms with Crippen LogP contribution in [0, 0.1) is 0 Å². The highest BCUT2D eigenvalue weighted by Gasteiger charge is 2.30. The summed E-state index contributed by atoms with van der Waals surface area (Å²) in [7, 11) is 0. The molecule has 0 saturated heterocycles. The maximum Gasteiger partial charge on any atom is 0.416 e. The molecule has 0 unspecified atom stereocenters. The van der Waals surface area contributed by atoms with Crippen molar-refractivity contribution in [1.29, 1.82) is 0 Å². The number of nitrogens with zero attached hydrogens (tertiary/aromatic N) is 2. The van der Waals surface area contributed by atoms with Crippen LogP contribution in [0.2, 0.25) is 0 Å². The summed E-state index contributed by atoms with van der Waals surface area (Å²) in [6.07, 6.45) is -1.87. The van der Waals surface area contributed by atoms with E-state index >= 15 is 0 Å². The minimum atomic E-state index is -4.40. The number of aromatic nitrogens is 2. The second-order valence-corrected chi connectivity index (χ2v) is 5.47. The van der Waals surface area contributed by atoms with E-state index in [0.29, 0.717) is 26.3 Å². The van der Waals surface area contributed by atoms with E-state index in [2.05, 4.69) is 10.4 Å². The molecule has 1 aliphatic rings. The summed E-state index contributed by atoms with van der Waals surface area (Å²) in [6.45, 7) is 2.04. The van der Waals surface area contributed by atoms with Gasteiger partial charge in [-0.05, 0) is 24.3 Å². The van der Waals surface area contributed by atoms with Gasteiger partial charge in [-0.25, -0.2) is 0 Å². The first-order valence-electron chi connectivity index (χ1n) is 7.52. The first-order chi connectivity index (χ1) is 11.4. The van der Waals surface area contributed by atoms with E-state index in [4.69, 9.17) is 4.74 Å². The highest BCUT2D eigenvalue weighted by Crippen LogP contribution is 2.29. The zero-order valence-electron chi connectivity index (χ0n) is 12.8. The predicted molar refractivity (Wildman–Crippen MR) is 79.4 cm³/mol. The van der Waals surface area contributed by atoms with Gasteiger partial charge in [0.2, 0.25) is 0 Å². The Labute approximate surface area is 136 Å². The van der Waals surface area contributed by atoms with E-state index < -0.39 is 17.6 Å².